The third-order valence-electron chi connectivity index (χ3n) is 7.81. The molecule has 5 aromatic rings. The van der Waals surface area contributed by atoms with Crippen molar-refractivity contribution in [1.29, 1.82) is 0 Å². The molecule has 1 aliphatic heterocycles. The van der Waals surface area contributed by atoms with Gasteiger partial charge in [0.2, 0.25) is 0 Å². The zero-order chi connectivity index (χ0) is 28.6. The molecule has 0 saturated heterocycles. The number of fused-ring (bicyclic) bond motifs is 3. The maximum absolute atomic E-state index is 14.0. The van der Waals surface area contributed by atoms with Gasteiger partial charge < -0.3 is 9.47 Å². The standard InChI is InChI=1S/C35H27ClN2O3S/c1-40-27-10-6-9-24(20-27)33-29-18-15-23-7-2-4-11-28(23)32(29)37-35-38(33)34(39)31(42-35)19-22-13-16-26(17-14-22)41-21-25-8-3-5-12-30(25)36/h2-14,16-17,19-20,33H,15,18,21H2,1H3/b31-19+/t33-/m0/s1. The summed E-state index contributed by atoms with van der Waals surface area (Å²) >= 11 is 7.69. The summed E-state index contributed by atoms with van der Waals surface area (Å²) in [6.07, 6.45) is 3.69. The van der Waals surface area contributed by atoms with Gasteiger partial charge in [0, 0.05) is 16.1 Å². The molecule has 0 spiro atoms. The van der Waals surface area contributed by atoms with Crippen molar-refractivity contribution in [3.8, 4) is 11.5 Å². The predicted octanol–water partition coefficient (Wildman–Crippen LogP) is 6.56. The highest BCUT2D eigenvalue weighted by Gasteiger charge is 2.32. The Morgan fingerprint density at radius 2 is 1.76 bits per heavy atom. The number of allylic oxidation sites excluding steroid dienone is 1. The summed E-state index contributed by atoms with van der Waals surface area (Å²) in [5.41, 5.74) is 7.41. The monoisotopic (exact) mass is 590 g/mol. The maximum atomic E-state index is 14.0. The Balaban J connectivity index is 1.28. The van der Waals surface area contributed by atoms with Crippen LogP contribution in [0.15, 0.2) is 112 Å². The number of benzene rings is 4. The van der Waals surface area contributed by atoms with Gasteiger partial charge >= 0.3 is 0 Å². The van der Waals surface area contributed by atoms with Crippen molar-refractivity contribution in [2.45, 2.75) is 25.5 Å². The average Bonchev–Trinajstić information content (AvgIpc) is 3.34. The number of ether oxygens (including phenoxy) is 2. The number of thiazole rings is 1. The fourth-order valence-electron chi connectivity index (χ4n) is 5.72. The average molecular weight is 591 g/mol. The van der Waals surface area contributed by atoms with Gasteiger partial charge in [0.25, 0.3) is 5.56 Å². The molecule has 0 N–H and O–H groups in total. The Morgan fingerprint density at radius 3 is 2.60 bits per heavy atom. The van der Waals surface area contributed by atoms with E-state index in [0.717, 1.165) is 52.3 Å². The largest absolute Gasteiger partial charge is 0.497 e. The normalized spacial score (nSPS) is 15.9. The Labute approximate surface area is 252 Å². The first-order valence-electron chi connectivity index (χ1n) is 13.8. The van der Waals surface area contributed by atoms with Crippen LogP contribution in [-0.4, -0.2) is 11.7 Å². The Hall–Kier alpha value is -4.39. The third kappa shape index (κ3) is 4.87. The minimum atomic E-state index is -0.248. The molecule has 7 heteroatoms. The molecular weight excluding hydrogens is 564 g/mol. The summed E-state index contributed by atoms with van der Waals surface area (Å²) in [4.78, 5) is 19.8. The van der Waals surface area contributed by atoms with Crippen LogP contribution in [0.2, 0.25) is 5.02 Å². The second-order valence-electron chi connectivity index (χ2n) is 10.3. The van der Waals surface area contributed by atoms with E-state index in [1.54, 1.807) is 7.11 Å². The van der Waals surface area contributed by atoms with Crippen molar-refractivity contribution in [3.05, 3.63) is 155 Å². The lowest BCUT2D eigenvalue weighted by Gasteiger charge is -2.31. The number of hydrogen-bond acceptors (Lipinski definition) is 5. The lowest BCUT2D eigenvalue weighted by Crippen LogP contribution is -2.38. The Bertz CT molecular complexity index is 2020. The summed E-state index contributed by atoms with van der Waals surface area (Å²) in [6.45, 7) is 0.385. The van der Waals surface area contributed by atoms with Gasteiger partial charge in [-0.25, -0.2) is 4.99 Å². The number of methoxy groups -OCH3 is 1. The van der Waals surface area contributed by atoms with Gasteiger partial charge in [-0.2, -0.15) is 0 Å². The van der Waals surface area contributed by atoms with E-state index in [4.69, 9.17) is 26.1 Å². The third-order valence-corrected chi connectivity index (χ3v) is 9.16. The summed E-state index contributed by atoms with van der Waals surface area (Å²) in [5.74, 6) is 1.50. The van der Waals surface area contributed by atoms with Crippen LogP contribution >= 0.6 is 22.9 Å². The minimum absolute atomic E-state index is 0.0453. The van der Waals surface area contributed by atoms with Crippen LogP contribution in [0.1, 0.15) is 40.3 Å². The summed E-state index contributed by atoms with van der Waals surface area (Å²) in [7, 11) is 1.67. The first kappa shape index (κ1) is 26.5. The minimum Gasteiger partial charge on any atom is -0.497 e. The van der Waals surface area contributed by atoms with E-state index < -0.39 is 0 Å². The van der Waals surface area contributed by atoms with Crippen LogP contribution in [0, 0.1) is 0 Å². The van der Waals surface area contributed by atoms with E-state index in [0.29, 0.717) is 21.0 Å². The second kappa shape index (κ2) is 11.1. The molecule has 0 radical (unpaired) electrons. The van der Waals surface area contributed by atoms with Gasteiger partial charge in [-0.15, -0.1) is 0 Å². The zero-order valence-electron chi connectivity index (χ0n) is 22.9. The van der Waals surface area contributed by atoms with Gasteiger partial charge in [-0.05, 0) is 71.5 Å². The first-order chi connectivity index (χ1) is 20.6. The molecule has 0 unspecified atom stereocenters. The Kier molecular flexibility index (Phi) is 7.02. The number of aryl methyl sites for hydroxylation is 1. The fourth-order valence-corrected chi connectivity index (χ4v) is 6.91. The van der Waals surface area contributed by atoms with Crippen LogP contribution in [0.25, 0.3) is 11.8 Å². The summed E-state index contributed by atoms with van der Waals surface area (Å²) in [5, 5.41) is 0.682. The van der Waals surface area contributed by atoms with Crippen molar-refractivity contribution in [2.75, 3.05) is 7.11 Å². The zero-order valence-corrected chi connectivity index (χ0v) is 24.5. The molecule has 42 heavy (non-hydrogen) atoms. The lowest BCUT2D eigenvalue weighted by molar-refractivity contribution is 0.306. The van der Waals surface area contributed by atoms with Crippen molar-refractivity contribution in [3.63, 3.8) is 0 Å². The number of halogens is 1. The van der Waals surface area contributed by atoms with E-state index in [1.807, 2.05) is 77.4 Å². The van der Waals surface area contributed by atoms with Crippen molar-refractivity contribution in [2.24, 2.45) is 4.99 Å². The molecular formula is C35H27ClN2O3S. The highest BCUT2D eigenvalue weighted by molar-refractivity contribution is 7.07. The van der Waals surface area contributed by atoms with Crippen molar-refractivity contribution in [1.82, 2.24) is 4.57 Å². The molecule has 2 aliphatic rings. The van der Waals surface area contributed by atoms with E-state index in [1.165, 1.54) is 22.5 Å². The second-order valence-corrected chi connectivity index (χ2v) is 11.8. The number of rotatable bonds is 6. The molecule has 4 aromatic carbocycles. The molecule has 7 rings (SSSR count). The van der Waals surface area contributed by atoms with Gasteiger partial charge in [0.15, 0.2) is 4.80 Å². The van der Waals surface area contributed by atoms with Crippen LogP contribution in [-0.2, 0) is 13.0 Å². The van der Waals surface area contributed by atoms with Crippen molar-refractivity contribution >= 4 is 34.7 Å². The molecule has 0 bridgehead atoms. The summed E-state index contributed by atoms with van der Waals surface area (Å²) in [6, 6.07) is 31.6. The first-order valence-corrected chi connectivity index (χ1v) is 15.0. The van der Waals surface area contributed by atoms with Crippen LogP contribution in [0.5, 0.6) is 11.5 Å². The van der Waals surface area contributed by atoms with Crippen LogP contribution in [0.3, 0.4) is 0 Å². The molecule has 1 aromatic heterocycles. The van der Waals surface area contributed by atoms with Gasteiger partial charge in [-0.3, -0.25) is 9.36 Å². The SMILES string of the molecule is COc1cccc([C@H]2C3=C(N=c4s/c(=C/c5ccc(OCc6ccccc6Cl)cc5)c(=O)n42)c2ccccc2CC3)c1. The molecule has 5 nitrogen and oxygen atoms in total. The molecule has 1 aliphatic carbocycles. The lowest BCUT2D eigenvalue weighted by atomic mass is 9.83. The molecule has 1 atom stereocenters. The van der Waals surface area contributed by atoms with Gasteiger partial charge in [-0.1, -0.05) is 89.7 Å². The number of aromatic nitrogens is 1. The quantitative estimate of drug-likeness (QED) is 0.225. The highest BCUT2D eigenvalue weighted by atomic mass is 35.5. The van der Waals surface area contributed by atoms with E-state index in [-0.39, 0.29) is 11.6 Å². The van der Waals surface area contributed by atoms with E-state index >= 15 is 0 Å². The highest BCUT2D eigenvalue weighted by Crippen LogP contribution is 2.41. The fraction of sp³-hybridized carbons (Fsp3) is 0.143. The van der Waals surface area contributed by atoms with E-state index in [9.17, 15) is 4.79 Å². The molecule has 0 amide bonds. The van der Waals surface area contributed by atoms with Gasteiger partial charge in [0.05, 0.1) is 23.4 Å². The molecule has 208 valence electrons. The smallest absolute Gasteiger partial charge is 0.271 e. The Morgan fingerprint density at radius 1 is 0.952 bits per heavy atom. The molecule has 2 heterocycles. The van der Waals surface area contributed by atoms with E-state index in [2.05, 4.69) is 30.3 Å². The van der Waals surface area contributed by atoms with Gasteiger partial charge in [0.1, 0.15) is 18.1 Å². The van der Waals surface area contributed by atoms with Crippen LogP contribution in [0.4, 0.5) is 0 Å². The number of nitrogens with zero attached hydrogens (tertiary/aromatic N) is 2. The molecule has 0 fully saturated rings. The number of hydrogen-bond donors (Lipinski definition) is 0. The van der Waals surface area contributed by atoms with Crippen molar-refractivity contribution < 1.29 is 9.47 Å². The molecule has 0 saturated carbocycles. The topological polar surface area (TPSA) is 52.8 Å². The maximum Gasteiger partial charge on any atom is 0.271 e. The van der Waals surface area contributed by atoms with Crippen LogP contribution < -0.4 is 24.4 Å². The summed E-state index contributed by atoms with van der Waals surface area (Å²) < 4.78 is 14.0. The predicted molar refractivity (Wildman–Crippen MR) is 168 cm³/mol.